The second kappa shape index (κ2) is 6.53. The van der Waals surface area contributed by atoms with E-state index in [1.165, 1.54) is 6.07 Å². The molecule has 0 heterocycles. The first kappa shape index (κ1) is 15.2. The SMILES string of the molecule is COC1CCC(NC(=O)Nc2ccc(F)cc2C(=O)O)C1. The fraction of sp³-hybridized carbons (Fsp3) is 0.429. The summed E-state index contributed by atoms with van der Waals surface area (Å²) in [6, 6.07) is 2.67. The highest BCUT2D eigenvalue weighted by atomic mass is 19.1. The van der Waals surface area contributed by atoms with Crippen LogP contribution < -0.4 is 10.6 Å². The molecule has 0 radical (unpaired) electrons. The van der Waals surface area contributed by atoms with E-state index in [2.05, 4.69) is 10.6 Å². The number of ether oxygens (including phenoxy) is 1. The van der Waals surface area contributed by atoms with Gasteiger partial charge in [-0.3, -0.25) is 0 Å². The number of carbonyl (C=O) groups is 2. The fourth-order valence-corrected chi connectivity index (χ4v) is 2.43. The van der Waals surface area contributed by atoms with Gasteiger partial charge in [-0.25, -0.2) is 14.0 Å². The summed E-state index contributed by atoms with van der Waals surface area (Å²) < 4.78 is 18.3. The number of hydrogen-bond acceptors (Lipinski definition) is 3. The van der Waals surface area contributed by atoms with Crippen LogP contribution in [0.25, 0.3) is 0 Å². The molecule has 1 aliphatic carbocycles. The summed E-state index contributed by atoms with van der Waals surface area (Å²) in [6.45, 7) is 0. The van der Waals surface area contributed by atoms with Gasteiger partial charge >= 0.3 is 12.0 Å². The molecule has 0 spiro atoms. The van der Waals surface area contributed by atoms with Crippen LogP contribution >= 0.6 is 0 Å². The molecule has 7 heteroatoms. The summed E-state index contributed by atoms with van der Waals surface area (Å²) in [4.78, 5) is 22.9. The number of amides is 2. The monoisotopic (exact) mass is 296 g/mol. The molecule has 0 aromatic heterocycles. The molecule has 114 valence electrons. The molecule has 0 bridgehead atoms. The predicted molar refractivity (Wildman–Crippen MR) is 73.9 cm³/mol. The van der Waals surface area contributed by atoms with E-state index in [4.69, 9.17) is 9.84 Å². The second-order valence-electron chi connectivity index (χ2n) is 4.96. The van der Waals surface area contributed by atoms with Crippen molar-refractivity contribution in [2.75, 3.05) is 12.4 Å². The lowest BCUT2D eigenvalue weighted by molar-refractivity contribution is 0.0697. The average Bonchev–Trinajstić information content (AvgIpc) is 2.88. The van der Waals surface area contributed by atoms with Gasteiger partial charge in [-0.2, -0.15) is 0 Å². The Kier molecular flexibility index (Phi) is 4.74. The predicted octanol–water partition coefficient (Wildman–Crippen LogP) is 2.21. The van der Waals surface area contributed by atoms with Gasteiger partial charge in [0.1, 0.15) is 5.82 Å². The number of carbonyl (C=O) groups excluding carboxylic acids is 1. The van der Waals surface area contributed by atoms with E-state index in [1.807, 2.05) is 0 Å². The Hall–Kier alpha value is -2.15. The smallest absolute Gasteiger partial charge is 0.337 e. The van der Waals surface area contributed by atoms with Crippen LogP contribution in [0.3, 0.4) is 0 Å². The minimum atomic E-state index is -1.30. The highest BCUT2D eigenvalue weighted by Crippen LogP contribution is 2.22. The molecule has 1 saturated carbocycles. The Bertz CT molecular complexity index is 550. The second-order valence-corrected chi connectivity index (χ2v) is 4.96. The van der Waals surface area contributed by atoms with Gasteiger partial charge in [0.05, 0.1) is 17.4 Å². The normalized spacial score (nSPS) is 21.0. The molecule has 6 nitrogen and oxygen atoms in total. The number of halogens is 1. The van der Waals surface area contributed by atoms with Crippen molar-refractivity contribution < 1.29 is 23.8 Å². The zero-order chi connectivity index (χ0) is 15.4. The van der Waals surface area contributed by atoms with Crippen LogP contribution in [0, 0.1) is 5.82 Å². The van der Waals surface area contributed by atoms with E-state index in [9.17, 15) is 14.0 Å². The largest absolute Gasteiger partial charge is 0.478 e. The van der Waals surface area contributed by atoms with Gasteiger partial charge in [-0.05, 0) is 37.5 Å². The maximum absolute atomic E-state index is 13.0. The fourth-order valence-electron chi connectivity index (χ4n) is 2.43. The topological polar surface area (TPSA) is 87.7 Å². The van der Waals surface area contributed by atoms with Gasteiger partial charge in [-0.15, -0.1) is 0 Å². The van der Waals surface area contributed by atoms with Crippen molar-refractivity contribution >= 4 is 17.7 Å². The average molecular weight is 296 g/mol. The Balaban J connectivity index is 1.98. The number of benzene rings is 1. The quantitative estimate of drug-likeness (QED) is 0.795. The molecule has 21 heavy (non-hydrogen) atoms. The van der Waals surface area contributed by atoms with Crippen LogP contribution in [0.2, 0.25) is 0 Å². The van der Waals surface area contributed by atoms with Gasteiger partial charge < -0.3 is 20.5 Å². The number of carboxylic acids is 1. The summed E-state index contributed by atoms with van der Waals surface area (Å²) in [5, 5.41) is 14.2. The molecule has 2 unspecified atom stereocenters. The molecule has 2 atom stereocenters. The summed E-state index contributed by atoms with van der Waals surface area (Å²) in [6.07, 6.45) is 2.54. The molecule has 2 amide bonds. The van der Waals surface area contributed by atoms with Crippen molar-refractivity contribution in [3.8, 4) is 0 Å². The van der Waals surface area contributed by atoms with Gasteiger partial charge in [-0.1, -0.05) is 0 Å². The molecule has 0 saturated heterocycles. The molecular formula is C14H17FN2O4. The van der Waals surface area contributed by atoms with Gasteiger partial charge in [0.15, 0.2) is 0 Å². The number of carboxylic acid groups (broad SMARTS) is 1. The maximum Gasteiger partial charge on any atom is 0.337 e. The van der Waals surface area contributed by atoms with E-state index in [1.54, 1.807) is 7.11 Å². The minimum absolute atomic E-state index is 0.0105. The summed E-state index contributed by atoms with van der Waals surface area (Å²) in [5.41, 5.74) is -0.228. The lowest BCUT2D eigenvalue weighted by Gasteiger charge is -2.14. The third kappa shape index (κ3) is 3.91. The first-order chi connectivity index (χ1) is 9.99. The Morgan fingerprint density at radius 2 is 2.14 bits per heavy atom. The summed E-state index contributed by atoms with van der Waals surface area (Å²) in [5.74, 6) is -1.97. The van der Waals surface area contributed by atoms with Crippen LogP contribution in [-0.2, 0) is 4.74 Å². The number of hydrogen-bond donors (Lipinski definition) is 3. The maximum atomic E-state index is 13.0. The highest BCUT2D eigenvalue weighted by molar-refractivity contribution is 6.00. The van der Waals surface area contributed by atoms with Gasteiger partial charge in [0, 0.05) is 13.2 Å². The van der Waals surface area contributed by atoms with Gasteiger partial charge in [0.2, 0.25) is 0 Å². The third-order valence-electron chi connectivity index (χ3n) is 3.51. The zero-order valence-electron chi connectivity index (χ0n) is 11.6. The van der Waals surface area contributed by atoms with E-state index in [0.717, 1.165) is 31.4 Å². The number of nitrogens with one attached hydrogen (secondary N) is 2. The van der Waals surface area contributed by atoms with Crippen molar-refractivity contribution in [2.24, 2.45) is 0 Å². The van der Waals surface area contributed by atoms with Crippen molar-refractivity contribution in [1.29, 1.82) is 0 Å². The van der Waals surface area contributed by atoms with Crippen molar-refractivity contribution in [2.45, 2.75) is 31.4 Å². The van der Waals surface area contributed by atoms with E-state index >= 15 is 0 Å². The number of methoxy groups -OCH3 is 1. The first-order valence-corrected chi connectivity index (χ1v) is 6.62. The van der Waals surface area contributed by atoms with Crippen molar-refractivity contribution in [3.05, 3.63) is 29.6 Å². The van der Waals surface area contributed by atoms with E-state index < -0.39 is 17.8 Å². The van der Waals surface area contributed by atoms with Crippen molar-refractivity contribution in [1.82, 2.24) is 5.32 Å². The molecule has 2 rings (SSSR count). The Labute approximate surface area is 121 Å². The van der Waals surface area contributed by atoms with Gasteiger partial charge in [0.25, 0.3) is 0 Å². The summed E-state index contributed by atoms with van der Waals surface area (Å²) >= 11 is 0. The van der Waals surface area contributed by atoms with E-state index in [-0.39, 0.29) is 23.4 Å². The molecule has 1 aromatic rings. The molecule has 0 aliphatic heterocycles. The zero-order valence-corrected chi connectivity index (χ0v) is 11.6. The van der Waals surface area contributed by atoms with Crippen LogP contribution in [0.15, 0.2) is 18.2 Å². The van der Waals surface area contributed by atoms with Crippen LogP contribution in [0.5, 0.6) is 0 Å². The van der Waals surface area contributed by atoms with E-state index in [0.29, 0.717) is 0 Å². The van der Waals surface area contributed by atoms with Crippen molar-refractivity contribution in [3.63, 3.8) is 0 Å². The lowest BCUT2D eigenvalue weighted by Crippen LogP contribution is -2.37. The Morgan fingerprint density at radius 1 is 1.38 bits per heavy atom. The Morgan fingerprint density at radius 3 is 2.76 bits per heavy atom. The number of rotatable bonds is 4. The molecule has 1 aliphatic rings. The van der Waals surface area contributed by atoms with Crippen LogP contribution in [-0.4, -0.2) is 36.4 Å². The molecular weight excluding hydrogens is 279 g/mol. The molecule has 1 aromatic carbocycles. The molecule has 1 fully saturated rings. The van der Waals surface area contributed by atoms with Crippen LogP contribution in [0.4, 0.5) is 14.9 Å². The number of aromatic carboxylic acids is 1. The number of anilines is 1. The number of urea groups is 1. The standard InChI is InChI=1S/C14H17FN2O4/c1-21-10-4-3-9(7-10)16-14(20)17-12-5-2-8(15)6-11(12)13(18)19/h2,5-6,9-10H,3-4,7H2,1H3,(H,18,19)(H2,16,17,20). The molecule has 3 N–H and O–H groups in total. The highest BCUT2D eigenvalue weighted by Gasteiger charge is 2.26. The van der Waals surface area contributed by atoms with Crippen LogP contribution in [0.1, 0.15) is 29.6 Å². The minimum Gasteiger partial charge on any atom is -0.478 e. The lowest BCUT2D eigenvalue weighted by atomic mass is 10.1. The summed E-state index contributed by atoms with van der Waals surface area (Å²) in [7, 11) is 1.63. The third-order valence-corrected chi connectivity index (χ3v) is 3.51. The first-order valence-electron chi connectivity index (χ1n) is 6.62.